The first-order valence-electron chi connectivity index (χ1n) is 3.39. The van der Waals surface area contributed by atoms with Crippen molar-refractivity contribution in [3.05, 3.63) is 0 Å². The Morgan fingerprint density at radius 1 is 1.14 bits per heavy atom. The van der Waals surface area contributed by atoms with E-state index in [1.807, 2.05) is 0 Å². The summed E-state index contributed by atoms with van der Waals surface area (Å²) in [6.07, 6.45) is -6.16. The number of hydrogen-bond acceptors (Lipinski definition) is 3. The molecule has 0 aromatic heterocycles. The van der Waals surface area contributed by atoms with Crippen LogP contribution in [0, 0.1) is 0 Å². The van der Waals surface area contributed by atoms with Gasteiger partial charge in [-0.2, -0.15) is 30.4 Å². The highest BCUT2D eigenvalue weighted by Gasteiger charge is 2.68. The van der Waals surface area contributed by atoms with Crippen LogP contribution in [0.4, 0.5) is 22.0 Å². The van der Waals surface area contributed by atoms with Crippen LogP contribution in [0.2, 0.25) is 0 Å². The lowest BCUT2D eigenvalue weighted by molar-refractivity contribution is -0.244. The topological polar surface area (TPSA) is 43.4 Å². The zero-order valence-corrected chi connectivity index (χ0v) is 7.75. The Morgan fingerprint density at radius 3 is 1.86 bits per heavy atom. The molecule has 9 heteroatoms. The van der Waals surface area contributed by atoms with Crippen molar-refractivity contribution >= 4 is 10.1 Å². The van der Waals surface area contributed by atoms with Crippen molar-refractivity contribution in [1.82, 2.24) is 0 Å². The molecule has 0 aliphatic heterocycles. The first-order valence-corrected chi connectivity index (χ1v) is 4.80. The fraction of sp³-hybridized carbons (Fsp3) is 1.00. The lowest BCUT2D eigenvalue weighted by atomic mass is 10.5. The molecule has 0 bridgehead atoms. The van der Waals surface area contributed by atoms with Gasteiger partial charge < -0.3 is 0 Å². The molecule has 0 unspecified atom stereocenters. The van der Waals surface area contributed by atoms with E-state index in [0.717, 1.165) is 0 Å². The van der Waals surface area contributed by atoms with Crippen molar-refractivity contribution in [2.24, 2.45) is 0 Å². The molecule has 86 valence electrons. The van der Waals surface area contributed by atoms with Crippen molar-refractivity contribution in [3.8, 4) is 0 Å². The van der Waals surface area contributed by atoms with Crippen LogP contribution in [-0.2, 0) is 14.3 Å². The van der Waals surface area contributed by atoms with Crippen LogP contribution < -0.4 is 0 Å². The predicted octanol–water partition coefficient (Wildman–Crippen LogP) is 1.90. The average molecular weight is 242 g/mol. The molecule has 0 spiro atoms. The molecule has 0 amide bonds. The second-order valence-corrected chi connectivity index (χ2v) is 3.95. The van der Waals surface area contributed by atoms with Gasteiger partial charge in [0.15, 0.2) is 0 Å². The Bertz CT molecular complexity index is 280. The minimum atomic E-state index is -6.17. The van der Waals surface area contributed by atoms with Crippen LogP contribution in [0.3, 0.4) is 0 Å². The average Bonchev–Trinajstić information content (AvgIpc) is 1.98. The van der Waals surface area contributed by atoms with Gasteiger partial charge in [0.25, 0.3) is 0 Å². The van der Waals surface area contributed by atoms with E-state index < -0.39 is 28.2 Å². The molecule has 0 radical (unpaired) electrons. The highest BCUT2D eigenvalue weighted by atomic mass is 32.2. The monoisotopic (exact) mass is 242 g/mol. The van der Waals surface area contributed by atoms with Crippen LogP contribution in [-0.4, -0.2) is 26.5 Å². The number of halogens is 5. The van der Waals surface area contributed by atoms with Crippen molar-refractivity contribution in [2.45, 2.75) is 24.8 Å². The molecular weight excluding hydrogens is 235 g/mol. The summed E-state index contributed by atoms with van der Waals surface area (Å²) in [6, 6.07) is 0. The molecule has 0 atom stereocenters. The molecule has 0 fully saturated rings. The Hall–Kier alpha value is -0.440. The molecule has 0 aliphatic carbocycles. The molecule has 0 rings (SSSR count). The summed E-state index contributed by atoms with van der Waals surface area (Å²) < 4.78 is 83.2. The van der Waals surface area contributed by atoms with Crippen LogP contribution in [0.25, 0.3) is 0 Å². The first kappa shape index (κ1) is 13.6. The summed E-state index contributed by atoms with van der Waals surface area (Å²) in [4.78, 5) is 0. The molecule has 0 saturated heterocycles. The van der Waals surface area contributed by atoms with Crippen LogP contribution in [0.15, 0.2) is 0 Å². The normalized spacial score (nSPS) is 14.4. The smallest absolute Gasteiger partial charge is 0.265 e. The van der Waals surface area contributed by atoms with Crippen LogP contribution in [0.5, 0.6) is 0 Å². The van der Waals surface area contributed by atoms with Gasteiger partial charge in [-0.05, 0) is 6.42 Å². The molecule has 0 aliphatic rings. The Balaban J connectivity index is 4.90. The Kier molecular flexibility index (Phi) is 3.85. The van der Waals surface area contributed by atoms with E-state index in [9.17, 15) is 30.4 Å². The zero-order chi connectivity index (χ0) is 11.6. The van der Waals surface area contributed by atoms with E-state index >= 15 is 0 Å². The molecule has 0 heterocycles. The summed E-state index contributed by atoms with van der Waals surface area (Å²) in [5.41, 5.74) is 0. The molecule has 0 aromatic carbocycles. The SMILES string of the molecule is CCCOS(=O)(=O)C(F)(F)C(F)(F)F. The summed E-state index contributed by atoms with van der Waals surface area (Å²) in [5.74, 6) is 0. The van der Waals surface area contributed by atoms with Crippen molar-refractivity contribution < 1.29 is 34.6 Å². The highest BCUT2D eigenvalue weighted by molar-refractivity contribution is 7.87. The van der Waals surface area contributed by atoms with E-state index in [1.165, 1.54) is 6.92 Å². The molecule has 0 aromatic rings. The third-order valence-corrected chi connectivity index (χ3v) is 2.42. The summed E-state index contributed by atoms with van der Waals surface area (Å²) in [5, 5.41) is -5.87. The lowest BCUT2D eigenvalue weighted by Gasteiger charge is -2.18. The maximum atomic E-state index is 12.2. The van der Waals surface area contributed by atoms with E-state index in [4.69, 9.17) is 0 Å². The van der Waals surface area contributed by atoms with E-state index in [0.29, 0.717) is 0 Å². The fourth-order valence-electron chi connectivity index (χ4n) is 0.409. The van der Waals surface area contributed by atoms with Gasteiger partial charge in [0.1, 0.15) is 0 Å². The first-order chi connectivity index (χ1) is 6.06. The third kappa shape index (κ3) is 2.53. The Labute approximate surface area is 77.0 Å². The molecule has 0 N–H and O–H groups in total. The van der Waals surface area contributed by atoms with Gasteiger partial charge in [0.2, 0.25) is 0 Å². The van der Waals surface area contributed by atoms with Gasteiger partial charge >= 0.3 is 21.5 Å². The minimum absolute atomic E-state index is 0.00711. The van der Waals surface area contributed by atoms with Crippen LogP contribution in [0.1, 0.15) is 13.3 Å². The minimum Gasteiger partial charge on any atom is -0.265 e. The lowest BCUT2D eigenvalue weighted by Crippen LogP contribution is -2.44. The quantitative estimate of drug-likeness (QED) is 0.558. The van der Waals surface area contributed by atoms with E-state index in [1.54, 1.807) is 0 Å². The maximum Gasteiger partial charge on any atom is 0.472 e. The summed E-state index contributed by atoms with van der Waals surface area (Å²) in [7, 11) is -5.94. The summed E-state index contributed by atoms with van der Waals surface area (Å²) >= 11 is 0. The second-order valence-electron chi connectivity index (χ2n) is 2.29. The van der Waals surface area contributed by atoms with Crippen molar-refractivity contribution in [1.29, 1.82) is 0 Å². The molecule has 0 saturated carbocycles. The van der Waals surface area contributed by atoms with Gasteiger partial charge in [0.05, 0.1) is 6.61 Å². The predicted molar refractivity (Wildman–Crippen MR) is 36.2 cm³/mol. The van der Waals surface area contributed by atoms with Gasteiger partial charge in [0, 0.05) is 0 Å². The zero-order valence-electron chi connectivity index (χ0n) is 6.94. The maximum absolute atomic E-state index is 12.2. The second kappa shape index (κ2) is 3.97. The standard InChI is InChI=1S/C5H7F5O3S/c1-2-3-13-14(11,12)5(9,10)4(6,7)8/h2-3H2,1H3. The Morgan fingerprint density at radius 2 is 1.57 bits per heavy atom. The van der Waals surface area contributed by atoms with Crippen molar-refractivity contribution in [2.75, 3.05) is 6.61 Å². The molecule has 14 heavy (non-hydrogen) atoms. The number of rotatable bonds is 4. The highest BCUT2D eigenvalue weighted by Crippen LogP contribution is 2.40. The third-order valence-electron chi connectivity index (χ3n) is 1.09. The van der Waals surface area contributed by atoms with Gasteiger partial charge in [-0.25, -0.2) is 0 Å². The van der Waals surface area contributed by atoms with E-state index in [-0.39, 0.29) is 6.42 Å². The number of hydrogen-bond donors (Lipinski definition) is 0. The number of alkyl halides is 5. The van der Waals surface area contributed by atoms with Gasteiger partial charge in [-0.1, -0.05) is 6.92 Å². The summed E-state index contributed by atoms with van der Waals surface area (Å²) in [6.45, 7) is 0.648. The van der Waals surface area contributed by atoms with E-state index in [2.05, 4.69) is 4.18 Å². The van der Waals surface area contributed by atoms with Gasteiger partial charge in [-0.15, -0.1) is 0 Å². The molecular formula is C5H7F5O3S. The van der Waals surface area contributed by atoms with Crippen molar-refractivity contribution in [3.63, 3.8) is 0 Å². The largest absolute Gasteiger partial charge is 0.472 e. The molecule has 3 nitrogen and oxygen atoms in total. The van der Waals surface area contributed by atoms with Gasteiger partial charge in [-0.3, -0.25) is 4.18 Å². The fourth-order valence-corrected chi connectivity index (χ4v) is 1.23. The van der Waals surface area contributed by atoms with Crippen LogP contribution >= 0.6 is 0 Å².